The molecule has 1 aliphatic heterocycles. The third-order valence-corrected chi connectivity index (χ3v) is 4.90. The quantitative estimate of drug-likeness (QED) is 0.251. The Morgan fingerprint density at radius 1 is 0.966 bits per heavy atom. The van der Waals surface area contributed by atoms with Gasteiger partial charge in [0.2, 0.25) is 0 Å². The SMILES string of the molecule is CCCCCOc1ccc(C(=O)Oc2ccc(C=NN3CCCCC3)cc2)cc1. The molecule has 0 N–H and O–H groups in total. The van der Waals surface area contributed by atoms with Gasteiger partial charge in [-0.25, -0.2) is 4.79 Å². The van der Waals surface area contributed by atoms with Gasteiger partial charge in [-0.2, -0.15) is 5.10 Å². The molecular formula is C24H30N2O3. The minimum atomic E-state index is -0.378. The lowest BCUT2D eigenvalue weighted by Crippen LogP contribution is -2.24. The molecule has 1 fully saturated rings. The molecular weight excluding hydrogens is 364 g/mol. The van der Waals surface area contributed by atoms with Crippen LogP contribution in [-0.4, -0.2) is 36.9 Å². The third kappa shape index (κ3) is 6.93. The number of ether oxygens (including phenoxy) is 2. The lowest BCUT2D eigenvalue weighted by molar-refractivity contribution is 0.0734. The summed E-state index contributed by atoms with van der Waals surface area (Å²) in [6.45, 7) is 4.91. The van der Waals surface area contributed by atoms with E-state index in [9.17, 15) is 4.79 Å². The van der Waals surface area contributed by atoms with Crippen molar-refractivity contribution in [1.29, 1.82) is 0 Å². The summed E-state index contributed by atoms with van der Waals surface area (Å²) < 4.78 is 11.1. The molecule has 1 saturated heterocycles. The minimum absolute atomic E-state index is 0.378. The van der Waals surface area contributed by atoms with Crippen LogP contribution < -0.4 is 9.47 Å². The fourth-order valence-corrected chi connectivity index (χ4v) is 3.16. The Balaban J connectivity index is 1.49. The Hall–Kier alpha value is -2.82. The molecule has 0 spiro atoms. The van der Waals surface area contributed by atoms with Crippen molar-refractivity contribution >= 4 is 12.2 Å². The first-order valence-corrected chi connectivity index (χ1v) is 10.6. The van der Waals surface area contributed by atoms with Gasteiger partial charge in [0.1, 0.15) is 11.5 Å². The predicted octanol–water partition coefficient (Wildman–Crippen LogP) is 5.29. The van der Waals surface area contributed by atoms with Gasteiger partial charge in [-0.3, -0.25) is 5.01 Å². The van der Waals surface area contributed by atoms with E-state index in [0.717, 1.165) is 37.2 Å². The van der Waals surface area contributed by atoms with Gasteiger partial charge in [0.25, 0.3) is 0 Å². The number of nitrogens with zero attached hydrogens (tertiary/aromatic N) is 2. The number of esters is 1. The van der Waals surface area contributed by atoms with Crippen LogP contribution in [-0.2, 0) is 0 Å². The zero-order valence-corrected chi connectivity index (χ0v) is 17.2. The second-order valence-corrected chi connectivity index (χ2v) is 7.30. The Bertz CT molecular complexity index is 779. The molecule has 154 valence electrons. The van der Waals surface area contributed by atoms with E-state index in [1.165, 1.54) is 25.7 Å². The average molecular weight is 395 g/mol. The number of hydrogen-bond donors (Lipinski definition) is 0. The van der Waals surface area contributed by atoms with Crippen molar-refractivity contribution in [2.45, 2.75) is 45.4 Å². The summed E-state index contributed by atoms with van der Waals surface area (Å²) in [4.78, 5) is 12.3. The Labute approximate surface area is 173 Å². The van der Waals surface area contributed by atoms with Gasteiger partial charge in [0, 0.05) is 13.1 Å². The lowest BCUT2D eigenvalue weighted by atomic mass is 10.2. The number of carbonyl (C=O) groups excluding carboxylic acids is 1. The van der Waals surface area contributed by atoms with Crippen LogP contribution in [0.5, 0.6) is 11.5 Å². The summed E-state index contributed by atoms with van der Waals surface area (Å²) in [6, 6.07) is 14.5. The molecule has 0 aliphatic carbocycles. The van der Waals surface area contributed by atoms with Crippen LogP contribution in [0, 0.1) is 0 Å². The number of hydrazone groups is 1. The van der Waals surface area contributed by atoms with Crippen LogP contribution >= 0.6 is 0 Å². The smallest absolute Gasteiger partial charge is 0.343 e. The lowest BCUT2D eigenvalue weighted by Gasteiger charge is -2.23. The Morgan fingerprint density at radius 3 is 2.34 bits per heavy atom. The molecule has 1 aliphatic rings. The molecule has 0 bridgehead atoms. The van der Waals surface area contributed by atoms with Crippen molar-refractivity contribution in [1.82, 2.24) is 5.01 Å². The van der Waals surface area contributed by atoms with Crippen LogP contribution in [0.15, 0.2) is 53.6 Å². The highest BCUT2D eigenvalue weighted by Crippen LogP contribution is 2.17. The van der Waals surface area contributed by atoms with Crippen LogP contribution in [0.1, 0.15) is 61.4 Å². The van der Waals surface area contributed by atoms with Crippen LogP contribution in [0.2, 0.25) is 0 Å². The second-order valence-electron chi connectivity index (χ2n) is 7.30. The van der Waals surface area contributed by atoms with Crippen LogP contribution in [0.4, 0.5) is 0 Å². The zero-order valence-electron chi connectivity index (χ0n) is 17.2. The second kappa shape index (κ2) is 11.2. The largest absolute Gasteiger partial charge is 0.494 e. The summed E-state index contributed by atoms with van der Waals surface area (Å²) in [5.41, 5.74) is 1.49. The maximum atomic E-state index is 12.3. The van der Waals surface area contributed by atoms with E-state index in [2.05, 4.69) is 17.0 Å². The van der Waals surface area contributed by atoms with E-state index >= 15 is 0 Å². The molecule has 0 amide bonds. The third-order valence-electron chi connectivity index (χ3n) is 4.90. The van der Waals surface area contributed by atoms with Gasteiger partial charge in [0.15, 0.2) is 0 Å². The number of carbonyl (C=O) groups is 1. The van der Waals surface area contributed by atoms with E-state index in [-0.39, 0.29) is 5.97 Å². The zero-order chi connectivity index (χ0) is 20.3. The molecule has 0 saturated carbocycles. The van der Waals surface area contributed by atoms with Crippen molar-refractivity contribution in [2.75, 3.05) is 19.7 Å². The Kier molecular flexibility index (Phi) is 8.11. The monoisotopic (exact) mass is 394 g/mol. The molecule has 2 aromatic carbocycles. The van der Waals surface area contributed by atoms with Gasteiger partial charge in [0.05, 0.1) is 18.4 Å². The van der Waals surface area contributed by atoms with E-state index in [4.69, 9.17) is 9.47 Å². The van der Waals surface area contributed by atoms with Crippen LogP contribution in [0.25, 0.3) is 0 Å². The summed E-state index contributed by atoms with van der Waals surface area (Å²) in [5, 5.41) is 6.63. The highest BCUT2D eigenvalue weighted by Gasteiger charge is 2.09. The standard InChI is InChI=1S/C24H30N2O3/c1-2-3-7-18-28-22-14-10-21(11-15-22)24(27)29-23-12-8-20(9-13-23)19-25-26-16-5-4-6-17-26/h8-15,19H,2-7,16-18H2,1H3. The van der Waals surface area contributed by atoms with Gasteiger partial charge >= 0.3 is 5.97 Å². The Morgan fingerprint density at radius 2 is 1.66 bits per heavy atom. The summed E-state index contributed by atoms with van der Waals surface area (Å²) >= 11 is 0. The number of hydrogen-bond acceptors (Lipinski definition) is 5. The van der Waals surface area contributed by atoms with Gasteiger partial charge in [-0.15, -0.1) is 0 Å². The van der Waals surface area contributed by atoms with E-state index < -0.39 is 0 Å². The van der Waals surface area contributed by atoms with E-state index in [0.29, 0.717) is 17.9 Å². The van der Waals surface area contributed by atoms with Crippen molar-refractivity contribution < 1.29 is 14.3 Å². The van der Waals surface area contributed by atoms with Crippen molar-refractivity contribution in [3.63, 3.8) is 0 Å². The van der Waals surface area contributed by atoms with Crippen molar-refractivity contribution in [2.24, 2.45) is 5.10 Å². The van der Waals surface area contributed by atoms with Gasteiger partial charge in [-0.05, 0) is 79.8 Å². The number of piperidine rings is 1. The molecule has 0 aromatic heterocycles. The topological polar surface area (TPSA) is 51.1 Å². The highest BCUT2D eigenvalue weighted by atomic mass is 16.5. The fourth-order valence-electron chi connectivity index (χ4n) is 3.16. The molecule has 0 atom stereocenters. The number of rotatable bonds is 9. The van der Waals surface area contributed by atoms with Gasteiger partial charge < -0.3 is 9.47 Å². The summed E-state index contributed by atoms with van der Waals surface area (Å²) in [6.07, 6.45) is 8.93. The van der Waals surface area contributed by atoms with Crippen molar-refractivity contribution in [3.05, 3.63) is 59.7 Å². The minimum Gasteiger partial charge on any atom is -0.494 e. The maximum absolute atomic E-state index is 12.3. The van der Waals surface area contributed by atoms with E-state index in [1.807, 2.05) is 30.5 Å². The molecule has 29 heavy (non-hydrogen) atoms. The first-order valence-electron chi connectivity index (χ1n) is 10.6. The average Bonchev–Trinajstić information content (AvgIpc) is 2.77. The predicted molar refractivity (Wildman–Crippen MR) is 116 cm³/mol. The number of unbranched alkanes of at least 4 members (excludes halogenated alkanes) is 2. The molecule has 1 heterocycles. The summed E-state index contributed by atoms with van der Waals surface area (Å²) in [5.74, 6) is 0.914. The molecule has 0 unspecified atom stereocenters. The first kappa shape index (κ1) is 20.9. The highest BCUT2D eigenvalue weighted by molar-refractivity contribution is 5.91. The normalized spacial score (nSPS) is 14.2. The molecule has 0 radical (unpaired) electrons. The molecule has 3 rings (SSSR count). The maximum Gasteiger partial charge on any atom is 0.343 e. The number of benzene rings is 2. The fraction of sp³-hybridized carbons (Fsp3) is 0.417. The van der Waals surface area contributed by atoms with Crippen molar-refractivity contribution in [3.8, 4) is 11.5 Å². The van der Waals surface area contributed by atoms with Gasteiger partial charge in [-0.1, -0.05) is 19.8 Å². The molecule has 5 nitrogen and oxygen atoms in total. The molecule has 5 heteroatoms. The van der Waals surface area contributed by atoms with E-state index in [1.54, 1.807) is 24.3 Å². The summed E-state index contributed by atoms with van der Waals surface area (Å²) in [7, 11) is 0. The molecule has 2 aromatic rings. The first-order chi connectivity index (χ1) is 14.2. The van der Waals surface area contributed by atoms with Crippen LogP contribution in [0.3, 0.4) is 0 Å².